The van der Waals surface area contributed by atoms with Gasteiger partial charge in [-0.15, -0.1) is 0 Å². The van der Waals surface area contributed by atoms with Gasteiger partial charge in [-0.25, -0.2) is 0 Å². The molecule has 1 aromatic rings. The molecular weight excluding hydrogens is 244 g/mol. The zero-order valence-electron chi connectivity index (χ0n) is 10.4. The van der Waals surface area contributed by atoms with Crippen molar-refractivity contribution >= 4 is 5.69 Å². The van der Waals surface area contributed by atoms with Crippen LogP contribution in [0.15, 0.2) is 23.9 Å². The van der Waals surface area contributed by atoms with Gasteiger partial charge in [-0.05, 0) is 0 Å². The van der Waals surface area contributed by atoms with E-state index in [-0.39, 0.29) is 5.57 Å². The van der Waals surface area contributed by atoms with Crippen molar-refractivity contribution in [1.82, 2.24) is 0 Å². The normalized spacial score (nSPS) is 8.37. The van der Waals surface area contributed by atoms with Crippen molar-refractivity contribution in [2.45, 2.75) is 0 Å². The van der Waals surface area contributed by atoms with E-state index in [9.17, 15) is 0 Å². The lowest BCUT2D eigenvalue weighted by molar-refractivity contribution is 0.355. The molecule has 1 N–H and O–H groups in total. The highest BCUT2D eigenvalue weighted by atomic mass is 16.5. The fourth-order valence-electron chi connectivity index (χ4n) is 1.33. The largest absolute Gasteiger partial charge is 0.493 e. The maximum Gasteiger partial charge on any atom is 0.162 e. The fraction of sp³-hybridized carbons (Fsp3) is 0.154. The molecule has 0 saturated heterocycles. The number of nitrogens with one attached hydrogen (secondary N) is 1. The van der Waals surface area contributed by atoms with Crippen LogP contribution in [0.2, 0.25) is 0 Å². The van der Waals surface area contributed by atoms with E-state index in [0.29, 0.717) is 22.7 Å². The van der Waals surface area contributed by atoms with E-state index >= 15 is 0 Å². The van der Waals surface area contributed by atoms with Crippen LogP contribution in [0, 0.1) is 34.0 Å². The van der Waals surface area contributed by atoms with Crippen molar-refractivity contribution in [3.63, 3.8) is 0 Å². The first-order valence-corrected chi connectivity index (χ1v) is 5.13. The Morgan fingerprint density at radius 3 is 2.16 bits per heavy atom. The predicted molar refractivity (Wildman–Crippen MR) is 67.2 cm³/mol. The first-order valence-electron chi connectivity index (χ1n) is 5.13. The monoisotopic (exact) mass is 254 g/mol. The summed E-state index contributed by atoms with van der Waals surface area (Å²) in [6.07, 6.45) is 1.22. The molecule has 0 spiro atoms. The lowest BCUT2D eigenvalue weighted by Crippen LogP contribution is -1.97. The molecule has 6 nitrogen and oxygen atoms in total. The van der Waals surface area contributed by atoms with Crippen LogP contribution in [0.25, 0.3) is 0 Å². The van der Waals surface area contributed by atoms with Crippen molar-refractivity contribution in [3.8, 4) is 29.7 Å². The number of ether oxygens (including phenoxy) is 2. The molecule has 0 amide bonds. The first kappa shape index (κ1) is 13.9. The Kier molecular flexibility index (Phi) is 4.78. The Bertz CT molecular complexity index is 614. The van der Waals surface area contributed by atoms with E-state index in [0.717, 1.165) is 0 Å². The van der Waals surface area contributed by atoms with Crippen LogP contribution in [-0.4, -0.2) is 14.2 Å². The molecule has 0 radical (unpaired) electrons. The molecule has 0 saturated carbocycles. The van der Waals surface area contributed by atoms with Crippen LogP contribution >= 0.6 is 0 Å². The summed E-state index contributed by atoms with van der Waals surface area (Å²) in [5, 5.41) is 29.0. The number of hydrogen-bond acceptors (Lipinski definition) is 6. The van der Waals surface area contributed by atoms with Crippen LogP contribution in [0.5, 0.6) is 11.5 Å². The molecule has 0 aliphatic heterocycles. The maximum absolute atomic E-state index is 9.04. The van der Waals surface area contributed by atoms with Gasteiger partial charge in [0.2, 0.25) is 0 Å². The molecule has 0 fully saturated rings. The number of nitriles is 3. The fourth-order valence-corrected chi connectivity index (χ4v) is 1.33. The average Bonchev–Trinajstić information content (AvgIpc) is 2.47. The average molecular weight is 254 g/mol. The van der Waals surface area contributed by atoms with Gasteiger partial charge in [0.1, 0.15) is 23.8 Å². The minimum atomic E-state index is -0.0984. The van der Waals surface area contributed by atoms with Crippen molar-refractivity contribution in [2.75, 3.05) is 19.5 Å². The van der Waals surface area contributed by atoms with E-state index < -0.39 is 0 Å². The maximum atomic E-state index is 9.04. The molecule has 0 aromatic heterocycles. The van der Waals surface area contributed by atoms with E-state index in [1.54, 1.807) is 18.2 Å². The third-order valence-electron chi connectivity index (χ3n) is 2.26. The Morgan fingerprint density at radius 2 is 1.68 bits per heavy atom. The summed E-state index contributed by atoms with van der Waals surface area (Å²) in [5.74, 6) is 0.863. The number of rotatable bonds is 4. The van der Waals surface area contributed by atoms with Gasteiger partial charge >= 0.3 is 0 Å². The highest BCUT2D eigenvalue weighted by Gasteiger charge is 2.10. The van der Waals surface area contributed by atoms with Crippen LogP contribution in [0.1, 0.15) is 5.56 Å². The molecule has 0 bridgehead atoms. The molecular formula is C13H10N4O2. The number of anilines is 1. The summed E-state index contributed by atoms with van der Waals surface area (Å²) in [7, 11) is 2.94. The molecule has 94 valence electrons. The zero-order valence-corrected chi connectivity index (χ0v) is 10.4. The van der Waals surface area contributed by atoms with E-state index in [1.807, 2.05) is 6.07 Å². The van der Waals surface area contributed by atoms with Crippen LogP contribution in [-0.2, 0) is 0 Å². The summed E-state index contributed by atoms with van der Waals surface area (Å²) in [5.41, 5.74) is 0.631. The van der Waals surface area contributed by atoms with Crippen LogP contribution < -0.4 is 14.8 Å². The van der Waals surface area contributed by atoms with Gasteiger partial charge in [0.25, 0.3) is 0 Å². The van der Waals surface area contributed by atoms with Gasteiger partial charge in [-0.3, -0.25) is 0 Å². The van der Waals surface area contributed by atoms with Crippen LogP contribution in [0.3, 0.4) is 0 Å². The second kappa shape index (κ2) is 6.54. The van der Waals surface area contributed by atoms with E-state index in [2.05, 4.69) is 5.32 Å². The van der Waals surface area contributed by atoms with Gasteiger partial charge in [-0.1, -0.05) is 0 Å². The highest BCUT2D eigenvalue weighted by molar-refractivity contribution is 5.66. The Labute approximate surface area is 110 Å². The van der Waals surface area contributed by atoms with E-state index in [4.69, 9.17) is 25.3 Å². The molecule has 0 heterocycles. The third-order valence-corrected chi connectivity index (χ3v) is 2.26. The minimum absolute atomic E-state index is 0.0984. The Morgan fingerprint density at radius 1 is 1.11 bits per heavy atom. The first-order chi connectivity index (χ1) is 9.19. The van der Waals surface area contributed by atoms with Gasteiger partial charge in [0, 0.05) is 18.3 Å². The van der Waals surface area contributed by atoms with Crippen molar-refractivity contribution in [3.05, 3.63) is 29.5 Å². The molecule has 0 aliphatic rings. The predicted octanol–water partition coefficient (Wildman–Crippen LogP) is 1.92. The number of benzene rings is 1. The van der Waals surface area contributed by atoms with Gasteiger partial charge in [0.05, 0.1) is 25.5 Å². The summed E-state index contributed by atoms with van der Waals surface area (Å²) in [6.45, 7) is 0. The number of allylic oxidation sites excluding steroid dienone is 1. The lowest BCUT2D eigenvalue weighted by Gasteiger charge is -2.11. The molecule has 6 heteroatoms. The number of hydrogen-bond donors (Lipinski definition) is 1. The zero-order chi connectivity index (χ0) is 14.3. The number of methoxy groups -OCH3 is 2. The summed E-state index contributed by atoms with van der Waals surface area (Å²) in [4.78, 5) is 0. The van der Waals surface area contributed by atoms with Gasteiger partial charge in [-0.2, -0.15) is 15.8 Å². The molecule has 0 aliphatic carbocycles. The standard InChI is InChI=1S/C13H10N4O2/c1-18-12-3-10(7-16)11(4-13(12)19-2)17-8-9(5-14)6-15/h3-4,8,17H,1-2H3. The van der Waals surface area contributed by atoms with Crippen molar-refractivity contribution in [1.29, 1.82) is 15.8 Å². The summed E-state index contributed by atoms with van der Waals surface area (Å²) < 4.78 is 10.2. The van der Waals surface area contributed by atoms with E-state index in [1.165, 1.54) is 26.5 Å². The molecule has 1 aromatic carbocycles. The van der Waals surface area contributed by atoms with Crippen molar-refractivity contribution in [2.24, 2.45) is 0 Å². The van der Waals surface area contributed by atoms with Gasteiger partial charge in [0.15, 0.2) is 11.5 Å². The Hall–Kier alpha value is -3.17. The lowest BCUT2D eigenvalue weighted by atomic mass is 10.1. The minimum Gasteiger partial charge on any atom is -0.493 e. The third kappa shape index (κ3) is 3.15. The van der Waals surface area contributed by atoms with Crippen molar-refractivity contribution < 1.29 is 9.47 Å². The molecule has 0 unspecified atom stereocenters. The Balaban J connectivity index is 3.22. The number of nitrogens with zero attached hydrogens (tertiary/aromatic N) is 3. The quantitative estimate of drug-likeness (QED) is 0.823. The molecule has 1 rings (SSSR count). The second-order valence-electron chi connectivity index (χ2n) is 3.29. The van der Waals surface area contributed by atoms with Gasteiger partial charge < -0.3 is 14.8 Å². The molecule has 19 heavy (non-hydrogen) atoms. The highest BCUT2D eigenvalue weighted by Crippen LogP contribution is 2.33. The SMILES string of the molecule is COc1cc(C#N)c(NC=C(C#N)C#N)cc1OC. The smallest absolute Gasteiger partial charge is 0.162 e. The molecule has 0 atom stereocenters. The second-order valence-corrected chi connectivity index (χ2v) is 3.29. The van der Waals surface area contributed by atoms with Crippen LogP contribution in [0.4, 0.5) is 5.69 Å². The summed E-state index contributed by atoms with van der Waals surface area (Å²) >= 11 is 0. The summed E-state index contributed by atoms with van der Waals surface area (Å²) in [6, 6.07) is 8.47. The topological polar surface area (TPSA) is 102 Å².